The van der Waals surface area contributed by atoms with Crippen molar-refractivity contribution in [2.75, 3.05) is 0 Å². The first-order chi connectivity index (χ1) is 11.8. The fourth-order valence-corrected chi connectivity index (χ4v) is 2.77. The summed E-state index contributed by atoms with van der Waals surface area (Å²) in [4.78, 5) is 12.6. The van der Waals surface area contributed by atoms with E-state index in [-0.39, 0.29) is 18.0 Å². The van der Waals surface area contributed by atoms with Crippen LogP contribution in [0.2, 0.25) is 0 Å². The number of benzene rings is 2. The Kier molecular flexibility index (Phi) is 4.19. The molecule has 1 unspecified atom stereocenters. The Hall–Kier alpha value is -2.56. The Labute approximate surface area is 143 Å². The van der Waals surface area contributed by atoms with E-state index in [1.54, 1.807) is 24.3 Å². The molecule has 0 radical (unpaired) electrons. The van der Waals surface area contributed by atoms with E-state index in [0.29, 0.717) is 16.7 Å². The monoisotopic (exact) mass is 346 g/mol. The lowest BCUT2D eigenvalue weighted by Crippen LogP contribution is -2.49. The second kappa shape index (κ2) is 6.06. The molecule has 5 heteroatoms. The van der Waals surface area contributed by atoms with Gasteiger partial charge in [-0.25, -0.2) is 0 Å². The number of fused-ring (bicyclic) bond motifs is 1. The maximum atomic E-state index is 13.4. The third-order valence-corrected chi connectivity index (χ3v) is 4.42. The van der Waals surface area contributed by atoms with Gasteiger partial charge in [0.05, 0.1) is 0 Å². The topological polar surface area (TPSA) is 26.3 Å². The number of hydrogen-bond donors (Lipinski definition) is 0. The quantitative estimate of drug-likeness (QED) is 0.701. The number of hydrogen-bond acceptors (Lipinski definition) is 2. The van der Waals surface area contributed by atoms with Gasteiger partial charge in [0.15, 0.2) is 5.78 Å². The largest absolute Gasteiger partial charge is 0.473 e. The van der Waals surface area contributed by atoms with Crippen molar-refractivity contribution in [3.05, 3.63) is 70.8 Å². The second-order valence-corrected chi connectivity index (χ2v) is 6.12. The van der Waals surface area contributed by atoms with Crippen molar-refractivity contribution in [3.63, 3.8) is 0 Å². The van der Waals surface area contributed by atoms with E-state index in [9.17, 15) is 18.0 Å². The summed E-state index contributed by atoms with van der Waals surface area (Å²) in [6, 6.07) is 11.6. The number of carbonyl (C=O) groups is 1. The minimum Gasteiger partial charge on any atom is -0.473 e. The maximum Gasteiger partial charge on any atom is 0.432 e. The third kappa shape index (κ3) is 3.06. The van der Waals surface area contributed by atoms with E-state index in [4.69, 9.17) is 4.74 Å². The van der Waals surface area contributed by atoms with Crippen LogP contribution in [-0.2, 0) is 0 Å². The minimum absolute atomic E-state index is 0.0691. The van der Waals surface area contributed by atoms with Gasteiger partial charge in [0, 0.05) is 16.7 Å². The SMILES string of the molecule is CCC1(C(F)(F)F)C=Cc2ccc(C(=O)c3ccc(C)cc3)cc2O1. The lowest BCUT2D eigenvalue weighted by atomic mass is 9.93. The zero-order chi connectivity index (χ0) is 18.2. The first kappa shape index (κ1) is 17.3. The molecule has 1 heterocycles. The molecule has 2 aromatic carbocycles. The molecule has 1 atom stereocenters. The smallest absolute Gasteiger partial charge is 0.432 e. The molecule has 2 aromatic rings. The summed E-state index contributed by atoms with van der Waals surface area (Å²) in [5, 5.41) is 0. The molecule has 0 saturated heterocycles. The Balaban J connectivity index is 1.97. The van der Waals surface area contributed by atoms with E-state index in [1.165, 1.54) is 19.1 Å². The summed E-state index contributed by atoms with van der Waals surface area (Å²) in [5.74, 6) is -0.185. The standard InChI is InChI=1S/C20H17F3O2/c1-3-19(20(21,22)23)11-10-14-8-9-16(12-17(14)25-19)18(24)15-6-4-13(2)5-7-15/h4-12H,3H2,1-2H3. The highest BCUT2D eigenvalue weighted by Crippen LogP contribution is 2.43. The van der Waals surface area contributed by atoms with Crippen LogP contribution in [0.4, 0.5) is 13.2 Å². The number of ether oxygens (including phenoxy) is 1. The highest BCUT2D eigenvalue weighted by molar-refractivity contribution is 6.09. The molecular weight excluding hydrogens is 329 g/mol. The fraction of sp³-hybridized carbons (Fsp3) is 0.250. The van der Waals surface area contributed by atoms with Gasteiger partial charge in [0.25, 0.3) is 0 Å². The first-order valence-electron chi connectivity index (χ1n) is 7.96. The van der Waals surface area contributed by atoms with Crippen LogP contribution in [0.15, 0.2) is 48.5 Å². The van der Waals surface area contributed by atoms with Crippen LogP contribution in [0.3, 0.4) is 0 Å². The fourth-order valence-electron chi connectivity index (χ4n) is 2.77. The van der Waals surface area contributed by atoms with E-state index >= 15 is 0 Å². The average molecular weight is 346 g/mol. The predicted octanol–water partition coefficient (Wildman–Crippen LogP) is 5.34. The van der Waals surface area contributed by atoms with Crippen LogP contribution in [0.25, 0.3) is 6.08 Å². The summed E-state index contributed by atoms with van der Waals surface area (Å²) in [5.41, 5.74) is -0.0346. The van der Waals surface area contributed by atoms with Crippen LogP contribution >= 0.6 is 0 Å². The first-order valence-corrected chi connectivity index (χ1v) is 7.96. The number of alkyl halides is 3. The Morgan fingerprint density at radius 2 is 1.72 bits per heavy atom. The van der Waals surface area contributed by atoms with Crippen LogP contribution in [0.1, 0.15) is 40.4 Å². The molecule has 25 heavy (non-hydrogen) atoms. The number of aryl methyl sites for hydroxylation is 1. The molecule has 3 rings (SSSR count). The molecule has 0 N–H and O–H groups in total. The van der Waals surface area contributed by atoms with Gasteiger partial charge in [0.1, 0.15) is 5.75 Å². The van der Waals surface area contributed by atoms with Gasteiger partial charge in [-0.15, -0.1) is 0 Å². The lowest BCUT2D eigenvalue weighted by Gasteiger charge is -2.35. The summed E-state index contributed by atoms with van der Waals surface area (Å²) in [6.45, 7) is 3.33. The van der Waals surface area contributed by atoms with E-state index in [1.807, 2.05) is 19.1 Å². The Morgan fingerprint density at radius 3 is 2.32 bits per heavy atom. The number of carbonyl (C=O) groups excluding carboxylic acids is 1. The molecule has 0 bridgehead atoms. The van der Waals surface area contributed by atoms with Gasteiger partial charge in [-0.2, -0.15) is 13.2 Å². The summed E-state index contributed by atoms with van der Waals surface area (Å²) < 4.78 is 45.5. The van der Waals surface area contributed by atoms with E-state index in [2.05, 4.69) is 0 Å². The Bertz CT molecular complexity index is 835. The highest BCUT2D eigenvalue weighted by atomic mass is 19.4. The van der Waals surface area contributed by atoms with Gasteiger partial charge >= 0.3 is 6.18 Å². The van der Waals surface area contributed by atoms with Crippen LogP contribution in [-0.4, -0.2) is 17.6 Å². The molecule has 0 spiro atoms. The molecule has 0 aliphatic carbocycles. The van der Waals surface area contributed by atoms with Crippen molar-refractivity contribution >= 4 is 11.9 Å². The number of halogens is 3. The second-order valence-electron chi connectivity index (χ2n) is 6.12. The summed E-state index contributed by atoms with van der Waals surface area (Å²) in [7, 11) is 0. The maximum absolute atomic E-state index is 13.4. The zero-order valence-corrected chi connectivity index (χ0v) is 13.9. The van der Waals surface area contributed by atoms with Crippen molar-refractivity contribution in [1.82, 2.24) is 0 Å². The molecule has 0 saturated carbocycles. The highest BCUT2D eigenvalue weighted by Gasteiger charge is 2.55. The number of ketones is 1. The van der Waals surface area contributed by atoms with Crippen molar-refractivity contribution in [1.29, 1.82) is 0 Å². The zero-order valence-electron chi connectivity index (χ0n) is 13.9. The predicted molar refractivity (Wildman–Crippen MR) is 89.8 cm³/mol. The van der Waals surface area contributed by atoms with Gasteiger partial charge in [0.2, 0.25) is 5.60 Å². The van der Waals surface area contributed by atoms with Gasteiger partial charge in [-0.3, -0.25) is 4.79 Å². The summed E-state index contributed by atoms with van der Waals surface area (Å²) in [6.07, 6.45) is -2.34. The molecule has 0 aromatic heterocycles. The summed E-state index contributed by atoms with van der Waals surface area (Å²) >= 11 is 0. The Morgan fingerprint density at radius 1 is 1.08 bits per heavy atom. The van der Waals surface area contributed by atoms with Gasteiger partial charge in [-0.05, 0) is 25.5 Å². The lowest BCUT2D eigenvalue weighted by molar-refractivity contribution is -0.230. The van der Waals surface area contributed by atoms with Gasteiger partial charge in [-0.1, -0.05) is 55.0 Å². The molecule has 0 fully saturated rings. The number of rotatable bonds is 3. The van der Waals surface area contributed by atoms with Crippen molar-refractivity contribution < 1.29 is 22.7 Å². The van der Waals surface area contributed by atoms with Gasteiger partial charge < -0.3 is 4.74 Å². The average Bonchev–Trinajstić information content (AvgIpc) is 2.59. The molecule has 1 aliphatic heterocycles. The third-order valence-electron chi connectivity index (χ3n) is 4.42. The molecule has 1 aliphatic rings. The van der Waals surface area contributed by atoms with E-state index < -0.39 is 11.8 Å². The van der Waals surface area contributed by atoms with Crippen molar-refractivity contribution in [2.45, 2.75) is 32.0 Å². The normalized spacial score (nSPS) is 19.2. The van der Waals surface area contributed by atoms with Crippen molar-refractivity contribution in [3.8, 4) is 5.75 Å². The van der Waals surface area contributed by atoms with Crippen LogP contribution in [0.5, 0.6) is 5.75 Å². The minimum atomic E-state index is -4.53. The van der Waals surface area contributed by atoms with Crippen LogP contribution < -0.4 is 4.74 Å². The van der Waals surface area contributed by atoms with E-state index in [0.717, 1.165) is 11.6 Å². The van der Waals surface area contributed by atoms with Crippen LogP contribution in [0, 0.1) is 6.92 Å². The molecule has 0 amide bonds. The molecule has 2 nitrogen and oxygen atoms in total. The molecule has 130 valence electrons. The van der Waals surface area contributed by atoms with Crippen molar-refractivity contribution in [2.24, 2.45) is 0 Å². The molecular formula is C20H17F3O2.